The Balaban J connectivity index is 0.999. The summed E-state index contributed by atoms with van der Waals surface area (Å²) in [7, 11) is 0. The lowest BCUT2D eigenvalue weighted by atomic mass is 9.99. The Hall–Kier alpha value is -10.2. The van der Waals surface area contributed by atoms with Crippen molar-refractivity contribution >= 4 is 103 Å². The molecule has 17 rings (SSSR count). The molecule has 77 heavy (non-hydrogen) atoms. The van der Waals surface area contributed by atoms with Gasteiger partial charge in [0.25, 0.3) is 0 Å². The molecule has 3 heteroatoms. The lowest BCUT2D eigenvalue weighted by Gasteiger charge is -2.16. The molecule has 0 bridgehead atoms. The fraction of sp³-hybridized carbons (Fsp3) is 0. The maximum absolute atomic E-state index is 2.60. The van der Waals surface area contributed by atoms with Gasteiger partial charge in [-0.15, -0.1) is 0 Å². The van der Waals surface area contributed by atoms with Crippen molar-refractivity contribution in [2.75, 3.05) is 0 Å². The van der Waals surface area contributed by atoms with E-state index in [0.717, 1.165) is 0 Å². The van der Waals surface area contributed by atoms with Crippen LogP contribution in [0.15, 0.2) is 273 Å². The Kier molecular flexibility index (Phi) is 8.84. The molecule has 356 valence electrons. The first-order valence-electron chi connectivity index (χ1n) is 26.7. The Labute approximate surface area is 443 Å². The first kappa shape index (κ1) is 42.2. The second-order valence-electron chi connectivity index (χ2n) is 20.8. The Morgan fingerprint density at radius 3 is 0.831 bits per heavy atom. The van der Waals surface area contributed by atoms with E-state index in [0.29, 0.717) is 0 Å². The van der Waals surface area contributed by atoms with Crippen LogP contribution < -0.4 is 0 Å². The number of nitrogens with zero attached hydrogens (tertiary/aromatic N) is 3. The molecule has 0 N–H and O–H groups in total. The van der Waals surface area contributed by atoms with E-state index in [2.05, 4.69) is 287 Å². The first-order chi connectivity index (χ1) is 38.2. The van der Waals surface area contributed by atoms with Crippen LogP contribution in [0, 0.1) is 0 Å². The van der Waals surface area contributed by atoms with Crippen LogP contribution in [-0.2, 0) is 0 Å². The van der Waals surface area contributed by atoms with Gasteiger partial charge in [0.2, 0.25) is 0 Å². The van der Waals surface area contributed by atoms with Crippen LogP contribution in [0.2, 0.25) is 0 Å². The summed E-state index contributed by atoms with van der Waals surface area (Å²) >= 11 is 0. The van der Waals surface area contributed by atoms with Crippen molar-refractivity contribution in [2.24, 2.45) is 0 Å². The minimum atomic E-state index is 1.18. The van der Waals surface area contributed by atoms with Crippen LogP contribution in [-0.4, -0.2) is 13.5 Å². The first-order valence-corrected chi connectivity index (χ1v) is 26.7. The molecular formula is C74H45N3. The van der Waals surface area contributed by atoms with Crippen molar-refractivity contribution in [3.63, 3.8) is 0 Å². The molecule has 0 saturated carbocycles. The largest absolute Gasteiger partial charge is 0.308 e. The molecule has 3 nitrogen and oxygen atoms in total. The fourth-order valence-electron chi connectivity index (χ4n) is 13.3. The number of fused-ring (bicyclic) bond motifs is 14. The SMILES string of the molecule is c1ccc(-c2ccc3c(c2)c2cc(-c4ccccc4)ccc2n3-c2c3ccccc3cc3c2c2cccc4c5c(-n6c7ccc(-c8ccccc8)cc7c7cc(-c8ccccc8)ccc76)c6ccccc6cc5n3c24)cc1. The third-order valence-corrected chi connectivity index (χ3v) is 16.7. The standard InChI is InChI=1S/C74H45N3/c1-5-18-46(19-6-1)50-32-36-64-60(40-50)61-41-51(47-20-7-2-8-21-47)33-37-65(61)75(64)73-56-28-15-13-26-54(56)44-68-70(73)58-30-17-31-59-71-69(77(68)72(58)59)45-55-27-14-16-29-57(55)74(71)76-66-38-34-52(48-22-9-3-10-23-48)42-62(66)63-43-53(35-39-67(63)76)49-24-11-4-12-25-49/h1-45H. The monoisotopic (exact) mass is 975 g/mol. The summed E-state index contributed by atoms with van der Waals surface area (Å²) < 4.78 is 7.76. The van der Waals surface area contributed by atoms with E-state index in [1.165, 1.54) is 159 Å². The highest BCUT2D eigenvalue weighted by Crippen LogP contribution is 2.50. The molecular weight excluding hydrogens is 931 g/mol. The summed E-state index contributed by atoms with van der Waals surface area (Å²) in [6.07, 6.45) is 0. The predicted molar refractivity (Wildman–Crippen MR) is 327 cm³/mol. The number of benzene rings is 13. The summed E-state index contributed by atoms with van der Waals surface area (Å²) in [6.45, 7) is 0. The molecule has 0 aliphatic heterocycles. The van der Waals surface area contributed by atoms with E-state index in [9.17, 15) is 0 Å². The highest BCUT2D eigenvalue weighted by Gasteiger charge is 2.28. The zero-order valence-corrected chi connectivity index (χ0v) is 41.8. The molecule has 0 saturated heterocycles. The number of hydrogen-bond donors (Lipinski definition) is 0. The van der Waals surface area contributed by atoms with Gasteiger partial charge in [-0.3, -0.25) is 0 Å². The van der Waals surface area contributed by atoms with Crippen molar-refractivity contribution in [3.8, 4) is 55.9 Å². The number of hydrogen-bond acceptors (Lipinski definition) is 0. The van der Waals surface area contributed by atoms with Crippen LogP contribution in [0.1, 0.15) is 0 Å². The van der Waals surface area contributed by atoms with E-state index in [1.54, 1.807) is 0 Å². The van der Waals surface area contributed by atoms with Gasteiger partial charge in [0, 0.05) is 53.9 Å². The van der Waals surface area contributed by atoms with Crippen molar-refractivity contribution in [1.29, 1.82) is 0 Å². The molecule has 0 aliphatic rings. The summed E-state index contributed by atoms with van der Waals surface area (Å²) in [4.78, 5) is 0. The van der Waals surface area contributed by atoms with Gasteiger partial charge in [-0.25, -0.2) is 0 Å². The van der Waals surface area contributed by atoms with E-state index < -0.39 is 0 Å². The second kappa shape index (κ2) is 16.1. The molecule has 13 aromatic carbocycles. The minimum Gasteiger partial charge on any atom is -0.308 e. The lowest BCUT2D eigenvalue weighted by Crippen LogP contribution is -1.98. The third-order valence-electron chi connectivity index (χ3n) is 16.7. The molecule has 0 aliphatic carbocycles. The average Bonchev–Trinajstić information content (AvgIpc) is 4.28. The molecule has 4 aromatic heterocycles. The maximum Gasteiger partial charge on any atom is 0.0640 e. The highest BCUT2D eigenvalue weighted by atomic mass is 15.0. The van der Waals surface area contributed by atoms with E-state index >= 15 is 0 Å². The van der Waals surface area contributed by atoms with Crippen molar-refractivity contribution in [2.45, 2.75) is 0 Å². The van der Waals surface area contributed by atoms with Crippen LogP contribution >= 0.6 is 0 Å². The van der Waals surface area contributed by atoms with E-state index in [4.69, 9.17) is 0 Å². The predicted octanol–water partition coefficient (Wildman–Crippen LogP) is 20.0. The van der Waals surface area contributed by atoms with E-state index in [-0.39, 0.29) is 0 Å². The Morgan fingerprint density at radius 2 is 0.494 bits per heavy atom. The Morgan fingerprint density at radius 1 is 0.195 bits per heavy atom. The van der Waals surface area contributed by atoms with Gasteiger partial charge in [0.15, 0.2) is 0 Å². The Bertz CT molecular complexity index is 4720. The van der Waals surface area contributed by atoms with Gasteiger partial charge in [0.05, 0.1) is 50.0 Å². The molecule has 0 amide bonds. The summed E-state index contributed by atoms with van der Waals surface area (Å²) in [5.41, 5.74) is 20.4. The summed E-state index contributed by atoms with van der Waals surface area (Å²) in [6, 6.07) is 101. The zero-order chi connectivity index (χ0) is 50.3. The third kappa shape index (κ3) is 6.08. The van der Waals surface area contributed by atoms with Crippen LogP contribution in [0.4, 0.5) is 0 Å². The maximum atomic E-state index is 2.60. The number of aromatic nitrogens is 3. The van der Waals surface area contributed by atoms with Gasteiger partial charge in [-0.1, -0.05) is 212 Å². The van der Waals surface area contributed by atoms with Crippen LogP contribution in [0.25, 0.3) is 159 Å². The molecule has 0 radical (unpaired) electrons. The smallest absolute Gasteiger partial charge is 0.0640 e. The lowest BCUT2D eigenvalue weighted by molar-refractivity contribution is 1.21. The molecule has 0 atom stereocenters. The molecule has 17 aromatic rings. The number of para-hydroxylation sites is 1. The fourth-order valence-corrected chi connectivity index (χ4v) is 13.3. The van der Waals surface area contributed by atoms with Crippen LogP contribution in [0.5, 0.6) is 0 Å². The van der Waals surface area contributed by atoms with Gasteiger partial charge in [0.1, 0.15) is 0 Å². The van der Waals surface area contributed by atoms with Crippen molar-refractivity contribution < 1.29 is 0 Å². The van der Waals surface area contributed by atoms with Crippen molar-refractivity contribution in [1.82, 2.24) is 13.5 Å². The van der Waals surface area contributed by atoms with Gasteiger partial charge >= 0.3 is 0 Å². The highest BCUT2D eigenvalue weighted by molar-refractivity contribution is 6.32. The van der Waals surface area contributed by atoms with E-state index in [1.807, 2.05) is 0 Å². The normalized spacial score (nSPS) is 12.2. The van der Waals surface area contributed by atoms with Crippen LogP contribution in [0.3, 0.4) is 0 Å². The average molecular weight is 976 g/mol. The minimum absolute atomic E-state index is 1.18. The summed E-state index contributed by atoms with van der Waals surface area (Å²) in [5, 5.41) is 14.7. The number of rotatable bonds is 6. The van der Waals surface area contributed by atoms with Gasteiger partial charge < -0.3 is 13.5 Å². The second-order valence-corrected chi connectivity index (χ2v) is 20.8. The van der Waals surface area contributed by atoms with Gasteiger partial charge in [-0.05, 0) is 116 Å². The topological polar surface area (TPSA) is 14.3 Å². The molecule has 4 heterocycles. The van der Waals surface area contributed by atoms with Crippen molar-refractivity contribution in [3.05, 3.63) is 273 Å². The molecule has 0 unspecified atom stereocenters. The molecule has 0 fully saturated rings. The molecule has 0 spiro atoms. The zero-order valence-electron chi connectivity index (χ0n) is 41.8. The quantitative estimate of drug-likeness (QED) is 0.158. The summed E-state index contributed by atoms with van der Waals surface area (Å²) in [5.74, 6) is 0. The van der Waals surface area contributed by atoms with Gasteiger partial charge in [-0.2, -0.15) is 0 Å².